The van der Waals surface area contributed by atoms with Crippen LogP contribution < -0.4 is 14.4 Å². The first-order chi connectivity index (χ1) is 20.2. The largest absolute Gasteiger partial charge is 0.497 e. The molecule has 1 N–H and O–H groups in total. The summed E-state index contributed by atoms with van der Waals surface area (Å²) in [4.78, 5) is 29.1. The zero-order chi connectivity index (χ0) is 30.1. The second-order valence-corrected chi connectivity index (χ2v) is 12.3. The van der Waals surface area contributed by atoms with Crippen molar-refractivity contribution in [2.24, 2.45) is 0 Å². The van der Waals surface area contributed by atoms with Crippen LogP contribution in [0.25, 0.3) is 0 Å². The Morgan fingerprint density at radius 1 is 0.976 bits per heavy atom. The van der Waals surface area contributed by atoms with Crippen molar-refractivity contribution < 1.29 is 27.1 Å². The summed E-state index contributed by atoms with van der Waals surface area (Å²) in [6.07, 6.45) is 5.25. The smallest absolute Gasteiger partial charge is 0.264 e. The van der Waals surface area contributed by atoms with Gasteiger partial charge in [0.05, 0.1) is 17.7 Å². The van der Waals surface area contributed by atoms with E-state index < -0.39 is 34.3 Å². The van der Waals surface area contributed by atoms with Gasteiger partial charge < -0.3 is 15.0 Å². The van der Waals surface area contributed by atoms with Gasteiger partial charge >= 0.3 is 0 Å². The molecule has 1 aliphatic carbocycles. The second-order valence-electron chi connectivity index (χ2n) is 10.4. The number of methoxy groups -OCH3 is 1. The Kier molecular flexibility index (Phi) is 10.6. The van der Waals surface area contributed by atoms with Crippen LogP contribution in [0.5, 0.6) is 5.75 Å². The number of carbonyl (C=O) groups excluding carboxylic acids is 2. The van der Waals surface area contributed by atoms with Gasteiger partial charge in [-0.25, -0.2) is 12.8 Å². The first kappa shape index (κ1) is 31.0. The van der Waals surface area contributed by atoms with Gasteiger partial charge in [-0.3, -0.25) is 13.9 Å². The van der Waals surface area contributed by atoms with Gasteiger partial charge in [0.25, 0.3) is 10.0 Å². The maximum atomic E-state index is 15.1. The minimum absolute atomic E-state index is 0.0300. The summed E-state index contributed by atoms with van der Waals surface area (Å²) >= 11 is 0. The van der Waals surface area contributed by atoms with Gasteiger partial charge in [-0.2, -0.15) is 0 Å². The second kappa shape index (κ2) is 14.3. The molecule has 1 saturated carbocycles. The highest BCUT2D eigenvalue weighted by atomic mass is 32.2. The summed E-state index contributed by atoms with van der Waals surface area (Å²) in [5, 5.41) is 3.11. The summed E-state index contributed by atoms with van der Waals surface area (Å²) in [5.41, 5.74) is 0.450. The molecule has 8 nitrogen and oxygen atoms in total. The van der Waals surface area contributed by atoms with Crippen molar-refractivity contribution in [1.82, 2.24) is 10.2 Å². The molecule has 1 aliphatic rings. The minimum Gasteiger partial charge on any atom is -0.497 e. The quantitative estimate of drug-likeness (QED) is 0.307. The lowest BCUT2D eigenvalue weighted by molar-refractivity contribution is -0.140. The number of nitrogens with one attached hydrogen (secondary N) is 1. The minimum atomic E-state index is -4.34. The number of carbonyl (C=O) groups is 2. The zero-order valence-corrected chi connectivity index (χ0v) is 24.9. The molecule has 3 aromatic carbocycles. The van der Waals surface area contributed by atoms with Crippen LogP contribution in [0.3, 0.4) is 0 Å². The fourth-order valence-corrected chi connectivity index (χ4v) is 6.76. The molecular formula is C32H38FN3O5S. The number of sulfonamides is 1. The van der Waals surface area contributed by atoms with E-state index in [0.717, 1.165) is 42.5 Å². The lowest BCUT2D eigenvalue weighted by atomic mass is 9.95. The topological polar surface area (TPSA) is 96.0 Å². The van der Waals surface area contributed by atoms with Crippen LogP contribution in [-0.4, -0.2) is 50.9 Å². The third kappa shape index (κ3) is 7.47. The van der Waals surface area contributed by atoms with Crippen molar-refractivity contribution in [3.8, 4) is 5.75 Å². The predicted molar refractivity (Wildman–Crippen MR) is 160 cm³/mol. The van der Waals surface area contributed by atoms with Gasteiger partial charge in [0.2, 0.25) is 11.8 Å². The molecule has 10 heteroatoms. The first-order valence-electron chi connectivity index (χ1n) is 14.3. The van der Waals surface area contributed by atoms with Crippen LogP contribution in [-0.2, 0) is 26.2 Å². The van der Waals surface area contributed by atoms with Crippen molar-refractivity contribution in [2.75, 3.05) is 18.0 Å². The maximum absolute atomic E-state index is 15.1. The van der Waals surface area contributed by atoms with Crippen molar-refractivity contribution >= 4 is 27.5 Å². The number of benzene rings is 3. The molecule has 2 amide bonds. The number of hydrogen-bond acceptors (Lipinski definition) is 5. The number of ether oxygens (including phenoxy) is 1. The highest BCUT2D eigenvalue weighted by molar-refractivity contribution is 7.92. The van der Waals surface area contributed by atoms with Gasteiger partial charge in [-0.05, 0) is 61.2 Å². The van der Waals surface area contributed by atoms with E-state index in [1.165, 1.54) is 42.3 Å². The van der Waals surface area contributed by atoms with E-state index in [0.29, 0.717) is 17.7 Å². The molecule has 1 atom stereocenters. The van der Waals surface area contributed by atoms with Crippen molar-refractivity contribution in [3.63, 3.8) is 0 Å². The molecule has 0 aromatic heterocycles. The molecule has 0 heterocycles. The highest BCUT2D eigenvalue weighted by Gasteiger charge is 2.35. The Morgan fingerprint density at radius 3 is 2.33 bits per heavy atom. The van der Waals surface area contributed by atoms with E-state index in [1.807, 2.05) is 13.0 Å². The predicted octanol–water partition coefficient (Wildman–Crippen LogP) is 5.29. The summed E-state index contributed by atoms with van der Waals surface area (Å²) < 4.78 is 48.8. The van der Waals surface area contributed by atoms with Crippen molar-refractivity contribution in [2.45, 2.75) is 69.0 Å². The fraction of sp³-hybridized carbons (Fsp3) is 0.375. The third-order valence-electron chi connectivity index (χ3n) is 7.56. The molecule has 224 valence electrons. The fourth-order valence-electron chi connectivity index (χ4n) is 5.32. The molecule has 0 saturated heterocycles. The number of halogens is 1. The van der Waals surface area contributed by atoms with E-state index in [2.05, 4.69) is 5.32 Å². The van der Waals surface area contributed by atoms with E-state index in [1.54, 1.807) is 36.4 Å². The van der Waals surface area contributed by atoms with E-state index in [9.17, 15) is 18.0 Å². The highest BCUT2D eigenvalue weighted by Crippen LogP contribution is 2.27. The van der Waals surface area contributed by atoms with Crippen molar-refractivity contribution in [3.05, 3.63) is 90.2 Å². The number of amides is 2. The molecule has 42 heavy (non-hydrogen) atoms. The average molecular weight is 596 g/mol. The van der Waals surface area contributed by atoms with E-state index in [-0.39, 0.29) is 29.1 Å². The van der Waals surface area contributed by atoms with E-state index in [4.69, 9.17) is 4.74 Å². The van der Waals surface area contributed by atoms with Gasteiger partial charge in [0.15, 0.2) is 0 Å². The molecule has 1 fully saturated rings. The van der Waals surface area contributed by atoms with Crippen LogP contribution in [0.1, 0.15) is 51.0 Å². The number of rotatable bonds is 12. The van der Waals surface area contributed by atoms with Gasteiger partial charge in [0, 0.05) is 12.6 Å². The Morgan fingerprint density at radius 2 is 1.67 bits per heavy atom. The summed E-state index contributed by atoms with van der Waals surface area (Å²) in [6.45, 7) is 1.14. The standard InChI is InChI=1S/C32H38FN3O5S/c1-3-29(32(38)34-25-14-6-4-7-15-25)35(22-24-13-12-16-26(21-24)41-2)31(37)23-36(30-20-11-10-19-28(30)33)42(39,40)27-17-8-5-9-18-27/h5,8-13,16-21,25,29H,3-4,6-7,14-15,22-23H2,1-2H3,(H,34,38)/t29-/m1/s1. The summed E-state index contributed by atoms with van der Waals surface area (Å²) in [7, 11) is -2.80. The van der Waals surface area contributed by atoms with Gasteiger partial charge in [-0.1, -0.05) is 68.7 Å². The van der Waals surface area contributed by atoms with Gasteiger partial charge in [-0.15, -0.1) is 0 Å². The van der Waals surface area contributed by atoms with E-state index >= 15 is 4.39 Å². The number of para-hydroxylation sites is 1. The van der Waals surface area contributed by atoms with Crippen LogP contribution in [0, 0.1) is 5.82 Å². The number of anilines is 1. The molecule has 0 radical (unpaired) electrons. The monoisotopic (exact) mass is 595 g/mol. The Balaban J connectivity index is 1.71. The molecule has 4 rings (SSSR count). The molecule has 0 bridgehead atoms. The first-order valence-corrected chi connectivity index (χ1v) is 15.7. The SMILES string of the molecule is CC[C@H](C(=O)NC1CCCCC1)N(Cc1cccc(OC)c1)C(=O)CN(c1ccccc1F)S(=O)(=O)c1ccccc1. The van der Waals surface area contributed by atoms with Crippen LogP contribution >= 0.6 is 0 Å². The normalized spacial score (nSPS) is 14.5. The van der Waals surface area contributed by atoms with Crippen molar-refractivity contribution in [1.29, 1.82) is 0 Å². The number of nitrogens with zero attached hydrogens (tertiary/aromatic N) is 2. The molecule has 0 unspecified atom stereocenters. The third-order valence-corrected chi connectivity index (χ3v) is 9.33. The Labute approximate surface area is 247 Å². The lowest BCUT2D eigenvalue weighted by Gasteiger charge is -2.34. The molecule has 3 aromatic rings. The summed E-state index contributed by atoms with van der Waals surface area (Å²) in [6, 6.07) is 19.3. The van der Waals surface area contributed by atoms with Crippen LogP contribution in [0.4, 0.5) is 10.1 Å². The average Bonchev–Trinajstić information content (AvgIpc) is 3.01. The van der Waals surface area contributed by atoms with Gasteiger partial charge in [0.1, 0.15) is 24.2 Å². The number of hydrogen-bond donors (Lipinski definition) is 1. The summed E-state index contributed by atoms with van der Waals surface area (Å²) in [5.74, 6) is -1.12. The Hall–Kier alpha value is -3.92. The molecule has 0 spiro atoms. The van der Waals surface area contributed by atoms with Crippen LogP contribution in [0.2, 0.25) is 0 Å². The zero-order valence-electron chi connectivity index (χ0n) is 24.0. The molecule has 0 aliphatic heterocycles. The molecular weight excluding hydrogens is 557 g/mol. The maximum Gasteiger partial charge on any atom is 0.264 e. The Bertz CT molecular complexity index is 1460. The lowest BCUT2D eigenvalue weighted by Crippen LogP contribution is -2.54. The van der Waals surface area contributed by atoms with Crippen LogP contribution in [0.15, 0.2) is 83.8 Å².